The number of methoxy groups -OCH3 is 1. The third-order valence-corrected chi connectivity index (χ3v) is 6.02. The van der Waals surface area contributed by atoms with E-state index >= 15 is 0 Å². The number of para-hydroxylation sites is 1. The van der Waals surface area contributed by atoms with Crippen molar-refractivity contribution in [3.05, 3.63) is 83.4 Å². The zero-order valence-corrected chi connectivity index (χ0v) is 17.7. The SMILES string of the molecule is COc1cccc(CNCCc2ccc3c(c2)OCC3)c1OS(=O)c1ccccc1. The monoisotopic (exact) mass is 423 g/mol. The summed E-state index contributed by atoms with van der Waals surface area (Å²) in [5.41, 5.74) is 3.43. The van der Waals surface area contributed by atoms with Gasteiger partial charge in [-0.25, -0.2) is 4.21 Å². The molecule has 30 heavy (non-hydrogen) atoms. The minimum Gasteiger partial charge on any atom is -0.493 e. The van der Waals surface area contributed by atoms with Crippen LogP contribution < -0.4 is 19.0 Å². The Balaban J connectivity index is 1.39. The summed E-state index contributed by atoms with van der Waals surface area (Å²) in [4.78, 5) is 0.612. The Morgan fingerprint density at radius 1 is 1.07 bits per heavy atom. The Labute approximate surface area is 179 Å². The van der Waals surface area contributed by atoms with Crippen molar-refractivity contribution in [2.45, 2.75) is 24.3 Å². The van der Waals surface area contributed by atoms with Gasteiger partial charge in [0.2, 0.25) is 11.1 Å². The van der Waals surface area contributed by atoms with E-state index in [1.165, 1.54) is 11.1 Å². The number of benzene rings is 3. The molecule has 1 N–H and O–H groups in total. The second-order valence-electron chi connectivity index (χ2n) is 7.05. The minimum atomic E-state index is -1.62. The number of nitrogens with one attached hydrogen (secondary N) is 1. The average Bonchev–Trinajstić information content (AvgIpc) is 3.26. The molecule has 1 aliphatic rings. The van der Waals surface area contributed by atoms with Gasteiger partial charge in [0.1, 0.15) is 5.75 Å². The second kappa shape index (κ2) is 9.78. The van der Waals surface area contributed by atoms with Crippen molar-refractivity contribution in [3.63, 3.8) is 0 Å². The van der Waals surface area contributed by atoms with Gasteiger partial charge in [0.05, 0.1) is 18.6 Å². The maximum atomic E-state index is 12.6. The Morgan fingerprint density at radius 2 is 1.93 bits per heavy atom. The average molecular weight is 424 g/mol. The van der Waals surface area contributed by atoms with Gasteiger partial charge in [0.25, 0.3) is 0 Å². The molecule has 1 unspecified atom stereocenters. The fourth-order valence-electron chi connectivity index (χ4n) is 3.43. The summed E-state index contributed by atoms with van der Waals surface area (Å²) in [7, 11) is 1.58. The molecule has 1 aliphatic heterocycles. The molecule has 4 rings (SSSR count). The van der Waals surface area contributed by atoms with E-state index in [0.29, 0.717) is 22.9 Å². The molecule has 0 spiro atoms. The van der Waals surface area contributed by atoms with Crippen molar-refractivity contribution >= 4 is 11.1 Å². The lowest BCUT2D eigenvalue weighted by Gasteiger charge is -2.14. The summed E-state index contributed by atoms with van der Waals surface area (Å²) in [5, 5.41) is 3.45. The van der Waals surface area contributed by atoms with Crippen LogP contribution in [0.25, 0.3) is 0 Å². The first-order valence-electron chi connectivity index (χ1n) is 10.0. The fraction of sp³-hybridized carbons (Fsp3) is 0.250. The lowest BCUT2D eigenvalue weighted by molar-refractivity contribution is 0.356. The molecule has 0 aromatic heterocycles. The van der Waals surface area contributed by atoms with Crippen LogP contribution >= 0.6 is 0 Å². The van der Waals surface area contributed by atoms with Gasteiger partial charge in [-0.2, -0.15) is 0 Å². The Hall–Kier alpha value is -2.83. The fourth-order valence-corrected chi connectivity index (χ4v) is 4.25. The normalized spacial score (nSPS) is 13.4. The highest BCUT2D eigenvalue weighted by Gasteiger charge is 2.16. The molecule has 0 bridgehead atoms. The van der Waals surface area contributed by atoms with Gasteiger partial charge in [-0.05, 0) is 48.4 Å². The second-order valence-corrected chi connectivity index (χ2v) is 8.15. The zero-order valence-electron chi connectivity index (χ0n) is 16.9. The maximum Gasteiger partial charge on any atom is 0.240 e. The summed E-state index contributed by atoms with van der Waals surface area (Å²) in [6.45, 7) is 2.16. The van der Waals surface area contributed by atoms with Crippen LogP contribution in [0.5, 0.6) is 17.2 Å². The molecule has 0 fully saturated rings. The predicted molar refractivity (Wildman–Crippen MR) is 118 cm³/mol. The number of fused-ring (bicyclic) bond motifs is 1. The predicted octanol–water partition coefficient (Wildman–Crippen LogP) is 4.06. The first kappa shape index (κ1) is 20.4. The van der Waals surface area contributed by atoms with Gasteiger partial charge >= 0.3 is 0 Å². The van der Waals surface area contributed by atoms with Gasteiger partial charge < -0.3 is 19.0 Å². The lowest BCUT2D eigenvalue weighted by Crippen LogP contribution is -2.18. The molecule has 0 aliphatic carbocycles. The summed E-state index contributed by atoms with van der Waals surface area (Å²) in [5.74, 6) is 2.08. The molecule has 156 valence electrons. The first-order valence-corrected chi connectivity index (χ1v) is 11.1. The van der Waals surface area contributed by atoms with Crippen LogP contribution in [0.1, 0.15) is 16.7 Å². The third-order valence-electron chi connectivity index (χ3n) is 5.04. The van der Waals surface area contributed by atoms with E-state index in [1.54, 1.807) is 19.2 Å². The molecule has 1 heterocycles. The highest BCUT2D eigenvalue weighted by atomic mass is 32.2. The Morgan fingerprint density at radius 3 is 2.77 bits per heavy atom. The van der Waals surface area contributed by atoms with Crippen molar-refractivity contribution in [2.75, 3.05) is 20.3 Å². The van der Waals surface area contributed by atoms with E-state index < -0.39 is 11.1 Å². The van der Waals surface area contributed by atoms with Gasteiger partial charge in [0, 0.05) is 18.5 Å². The molecule has 0 radical (unpaired) electrons. The van der Waals surface area contributed by atoms with Crippen LogP contribution in [0.15, 0.2) is 71.6 Å². The Kier molecular flexibility index (Phi) is 6.67. The quantitative estimate of drug-likeness (QED) is 0.526. The van der Waals surface area contributed by atoms with Crippen LogP contribution in [0.3, 0.4) is 0 Å². The largest absolute Gasteiger partial charge is 0.493 e. The van der Waals surface area contributed by atoms with Crippen LogP contribution in [-0.2, 0) is 30.5 Å². The topological polar surface area (TPSA) is 56.8 Å². The van der Waals surface area contributed by atoms with Crippen LogP contribution in [0.4, 0.5) is 0 Å². The van der Waals surface area contributed by atoms with E-state index in [4.69, 9.17) is 13.7 Å². The molecule has 0 saturated heterocycles. The van der Waals surface area contributed by atoms with Crippen molar-refractivity contribution in [1.82, 2.24) is 5.32 Å². The highest BCUT2D eigenvalue weighted by Crippen LogP contribution is 2.32. The number of hydrogen-bond acceptors (Lipinski definition) is 5. The van der Waals surface area contributed by atoms with Crippen LogP contribution in [-0.4, -0.2) is 24.5 Å². The highest BCUT2D eigenvalue weighted by molar-refractivity contribution is 7.80. The van der Waals surface area contributed by atoms with Crippen molar-refractivity contribution in [3.8, 4) is 17.2 Å². The van der Waals surface area contributed by atoms with Crippen LogP contribution in [0.2, 0.25) is 0 Å². The number of ether oxygens (including phenoxy) is 2. The number of rotatable bonds is 9. The van der Waals surface area contributed by atoms with E-state index in [0.717, 1.165) is 37.3 Å². The van der Waals surface area contributed by atoms with Gasteiger partial charge in [-0.1, -0.05) is 42.5 Å². The van der Waals surface area contributed by atoms with Crippen LogP contribution in [0, 0.1) is 0 Å². The van der Waals surface area contributed by atoms with Crippen molar-refractivity contribution < 1.29 is 17.9 Å². The van der Waals surface area contributed by atoms with E-state index in [1.807, 2.05) is 36.4 Å². The Bertz CT molecular complexity index is 1020. The maximum absolute atomic E-state index is 12.6. The van der Waals surface area contributed by atoms with Crippen molar-refractivity contribution in [1.29, 1.82) is 0 Å². The molecule has 5 nitrogen and oxygen atoms in total. The molecule has 3 aromatic carbocycles. The third kappa shape index (κ3) is 4.83. The van der Waals surface area contributed by atoms with E-state index in [9.17, 15) is 4.21 Å². The number of hydrogen-bond donors (Lipinski definition) is 1. The van der Waals surface area contributed by atoms with Gasteiger partial charge in [-0.3, -0.25) is 0 Å². The molecule has 0 saturated carbocycles. The molecule has 1 atom stereocenters. The summed E-state index contributed by atoms with van der Waals surface area (Å²) in [6.07, 6.45) is 1.89. The molecule has 6 heteroatoms. The van der Waals surface area contributed by atoms with E-state index in [2.05, 4.69) is 23.5 Å². The summed E-state index contributed by atoms with van der Waals surface area (Å²) in [6, 6.07) is 21.3. The standard InChI is InChI=1S/C24H25NO4S/c1-27-22-9-5-6-20(24(22)29-30(26)21-7-3-2-4-8-21)17-25-14-12-18-10-11-19-13-15-28-23(19)16-18/h2-11,16,25H,12-15,17H2,1H3. The minimum absolute atomic E-state index is 0.501. The summed E-state index contributed by atoms with van der Waals surface area (Å²) < 4.78 is 29.5. The summed E-state index contributed by atoms with van der Waals surface area (Å²) >= 11 is -1.62. The molecular formula is C24H25NO4S. The smallest absolute Gasteiger partial charge is 0.240 e. The molecule has 0 amide bonds. The van der Waals surface area contributed by atoms with Crippen molar-refractivity contribution in [2.24, 2.45) is 0 Å². The zero-order chi connectivity index (χ0) is 20.8. The molecular weight excluding hydrogens is 398 g/mol. The molecule has 3 aromatic rings. The lowest BCUT2D eigenvalue weighted by atomic mass is 10.1. The van der Waals surface area contributed by atoms with E-state index in [-0.39, 0.29) is 0 Å². The van der Waals surface area contributed by atoms with Gasteiger partial charge in [-0.15, -0.1) is 0 Å². The first-order chi connectivity index (χ1) is 14.7. The van der Waals surface area contributed by atoms with Gasteiger partial charge in [0.15, 0.2) is 11.5 Å².